The maximum Gasteiger partial charge on any atom is 0.271 e. The molecule has 0 atom stereocenters. The second-order valence-electron chi connectivity index (χ2n) is 4.62. The Morgan fingerprint density at radius 1 is 1.38 bits per heavy atom. The van der Waals surface area contributed by atoms with Crippen LogP contribution < -0.4 is 15.8 Å². The summed E-state index contributed by atoms with van der Waals surface area (Å²) in [5.74, 6) is 0.628. The van der Waals surface area contributed by atoms with E-state index in [9.17, 15) is 4.79 Å². The van der Waals surface area contributed by atoms with Gasteiger partial charge in [0.05, 0.1) is 19.0 Å². The van der Waals surface area contributed by atoms with Crippen molar-refractivity contribution in [1.82, 2.24) is 15.1 Å². The van der Waals surface area contributed by atoms with Crippen LogP contribution >= 0.6 is 0 Å². The summed E-state index contributed by atoms with van der Waals surface area (Å²) in [6, 6.07) is 7.77. The zero-order valence-electron chi connectivity index (χ0n) is 12.3. The van der Waals surface area contributed by atoms with Crippen LogP contribution in [0, 0.1) is 0 Å². The maximum absolute atomic E-state index is 12.1. The first-order valence-electron chi connectivity index (χ1n) is 6.88. The summed E-state index contributed by atoms with van der Waals surface area (Å²) in [5.41, 5.74) is 7.73. The summed E-state index contributed by atoms with van der Waals surface area (Å²) < 4.78 is 6.70. The molecular formula is C15H20N4O2. The van der Waals surface area contributed by atoms with Crippen molar-refractivity contribution in [3.05, 3.63) is 41.7 Å². The van der Waals surface area contributed by atoms with E-state index in [-0.39, 0.29) is 5.91 Å². The average molecular weight is 288 g/mol. The standard InChI is InChI=1S/C15H20N4O2/c1-3-19-14(13(16)10-18-19)15(20)17-9-8-11-4-6-12(21-2)7-5-11/h4-7,10H,3,8-9,16H2,1-2H3,(H,17,20). The second kappa shape index (κ2) is 6.78. The Kier molecular flexibility index (Phi) is 4.81. The van der Waals surface area contributed by atoms with E-state index in [1.807, 2.05) is 31.2 Å². The highest BCUT2D eigenvalue weighted by Gasteiger charge is 2.15. The van der Waals surface area contributed by atoms with Crippen molar-refractivity contribution in [1.29, 1.82) is 0 Å². The summed E-state index contributed by atoms with van der Waals surface area (Å²) in [6.07, 6.45) is 2.25. The van der Waals surface area contributed by atoms with Gasteiger partial charge in [-0.15, -0.1) is 0 Å². The predicted octanol–water partition coefficient (Wildman–Crippen LogP) is 1.47. The number of aryl methyl sites for hydroxylation is 1. The molecule has 0 aliphatic rings. The van der Waals surface area contributed by atoms with Crippen molar-refractivity contribution in [3.63, 3.8) is 0 Å². The third-order valence-electron chi connectivity index (χ3n) is 3.24. The molecule has 1 heterocycles. The molecule has 0 fully saturated rings. The van der Waals surface area contributed by atoms with Crippen LogP contribution in [-0.4, -0.2) is 29.3 Å². The van der Waals surface area contributed by atoms with Gasteiger partial charge in [-0.25, -0.2) is 0 Å². The molecule has 0 saturated heterocycles. The number of amides is 1. The lowest BCUT2D eigenvalue weighted by molar-refractivity contribution is 0.0944. The van der Waals surface area contributed by atoms with E-state index in [4.69, 9.17) is 10.5 Å². The first-order valence-corrected chi connectivity index (χ1v) is 6.88. The highest BCUT2D eigenvalue weighted by molar-refractivity contribution is 5.97. The van der Waals surface area contributed by atoms with E-state index in [0.29, 0.717) is 24.5 Å². The molecule has 0 aliphatic heterocycles. The summed E-state index contributed by atoms with van der Waals surface area (Å²) in [4.78, 5) is 12.1. The monoisotopic (exact) mass is 288 g/mol. The number of nitrogens with one attached hydrogen (secondary N) is 1. The number of benzene rings is 1. The fourth-order valence-corrected chi connectivity index (χ4v) is 2.08. The van der Waals surface area contributed by atoms with Crippen molar-refractivity contribution in [3.8, 4) is 5.75 Å². The number of methoxy groups -OCH3 is 1. The summed E-state index contributed by atoms with van der Waals surface area (Å²) >= 11 is 0. The fourth-order valence-electron chi connectivity index (χ4n) is 2.08. The Bertz CT molecular complexity index is 605. The van der Waals surface area contributed by atoms with E-state index in [1.165, 1.54) is 6.20 Å². The molecule has 0 aliphatic carbocycles. The third-order valence-corrected chi connectivity index (χ3v) is 3.24. The number of nitrogens with zero attached hydrogens (tertiary/aromatic N) is 2. The van der Waals surface area contributed by atoms with Gasteiger partial charge in [0.2, 0.25) is 0 Å². The van der Waals surface area contributed by atoms with Crippen LogP contribution in [0.4, 0.5) is 5.69 Å². The number of carbonyl (C=O) groups is 1. The highest BCUT2D eigenvalue weighted by Crippen LogP contribution is 2.12. The van der Waals surface area contributed by atoms with Crippen molar-refractivity contribution in [2.75, 3.05) is 19.4 Å². The Balaban J connectivity index is 1.90. The number of hydrogen-bond donors (Lipinski definition) is 2. The molecule has 21 heavy (non-hydrogen) atoms. The lowest BCUT2D eigenvalue weighted by Gasteiger charge is -2.08. The smallest absolute Gasteiger partial charge is 0.271 e. The molecule has 2 aromatic rings. The molecule has 1 aromatic heterocycles. The largest absolute Gasteiger partial charge is 0.497 e. The Labute approximate surface area is 123 Å². The molecule has 0 bridgehead atoms. The van der Waals surface area contributed by atoms with Gasteiger partial charge in [-0.2, -0.15) is 5.10 Å². The van der Waals surface area contributed by atoms with Gasteiger partial charge in [-0.3, -0.25) is 9.48 Å². The van der Waals surface area contributed by atoms with E-state index in [0.717, 1.165) is 17.7 Å². The number of rotatable bonds is 6. The van der Waals surface area contributed by atoms with Crippen molar-refractivity contribution >= 4 is 11.6 Å². The van der Waals surface area contributed by atoms with Gasteiger partial charge in [-0.05, 0) is 31.0 Å². The number of aromatic nitrogens is 2. The molecule has 2 rings (SSSR count). The van der Waals surface area contributed by atoms with Gasteiger partial charge < -0.3 is 15.8 Å². The van der Waals surface area contributed by atoms with Crippen LogP contribution in [0.2, 0.25) is 0 Å². The SMILES string of the molecule is CCn1ncc(N)c1C(=O)NCCc1ccc(OC)cc1. The molecule has 1 amide bonds. The van der Waals surface area contributed by atoms with Crippen LogP contribution in [0.25, 0.3) is 0 Å². The quantitative estimate of drug-likeness (QED) is 0.843. The van der Waals surface area contributed by atoms with Crippen LogP contribution in [0.1, 0.15) is 23.0 Å². The van der Waals surface area contributed by atoms with E-state index >= 15 is 0 Å². The van der Waals surface area contributed by atoms with Crippen molar-refractivity contribution < 1.29 is 9.53 Å². The summed E-state index contributed by atoms with van der Waals surface area (Å²) in [5, 5.41) is 6.92. The molecule has 112 valence electrons. The number of ether oxygens (including phenoxy) is 1. The van der Waals surface area contributed by atoms with Gasteiger partial charge in [0.1, 0.15) is 11.4 Å². The molecule has 0 spiro atoms. The molecule has 0 saturated carbocycles. The summed E-state index contributed by atoms with van der Waals surface area (Å²) in [7, 11) is 1.64. The number of nitrogens with two attached hydrogens (primary N) is 1. The van der Waals surface area contributed by atoms with Crippen LogP contribution in [0.15, 0.2) is 30.5 Å². The molecule has 0 unspecified atom stereocenters. The lowest BCUT2D eigenvalue weighted by atomic mass is 10.1. The van der Waals surface area contributed by atoms with Gasteiger partial charge in [-0.1, -0.05) is 12.1 Å². The van der Waals surface area contributed by atoms with Gasteiger partial charge in [0.25, 0.3) is 5.91 Å². The Morgan fingerprint density at radius 3 is 2.71 bits per heavy atom. The highest BCUT2D eigenvalue weighted by atomic mass is 16.5. The molecule has 6 heteroatoms. The van der Waals surface area contributed by atoms with Gasteiger partial charge in [0.15, 0.2) is 0 Å². The first kappa shape index (κ1) is 14.9. The first-order chi connectivity index (χ1) is 10.2. The Hall–Kier alpha value is -2.50. The van der Waals surface area contributed by atoms with Crippen LogP contribution in [0.3, 0.4) is 0 Å². The van der Waals surface area contributed by atoms with Crippen LogP contribution in [0.5, 0.6) is 5.75 Å². The minimum Gasteiger partial charge on any atom is -0.497 e. The number of nitrogen functional groups attached to an aromatic ring is 1. The van der Waals surface area contributed by atoms with E-state index in [1.54, 1.807) is 11.8 Å². The zero-order chi connectivity index (χ0) is 15.2. The number of anilines is 1. The maximum atomic E-state index is 12.1. The second-order valence-corrected chi connectivity index (χ2v) is 4.62. The molecule has 0 radical (unpaired) electrons. The average Bonchev–Trinajstić information content (AvgIpc) is 2.89. The number of hydrogen-bond acceptors (Lipinski definition) is 4. The molecule has 6 nitrogen and oxygen atoms in total. The lowest BCUT2D eigenvalue weighted by Crippen LogP contribution is -2.28. The topological polar surface area (TPSA) is 82.2 Å². The van der Waals surface area contributed by atoms with Crippen molar-refractivity contribution in [2.45, 2.75) is 19.9 Å². The van der Waals surface area contributed by atoms with Gasteiger partial charge >= 0.3 is 0 Å². The summed E-state index contributed by atoms with van der Waals surface area (Å²) in [6.45, 7) is 3.07. The van der Waals surface area contributed by atoms with E-state index < -0.39 is 0 Å². The van der Waals surface area contributed by atoms with Gasteiger partial charge in [0, 0.05) is 13.1 Å². The van der Waals surface area contributed by atoms with E-state index in [2.05, 4.69) is 10.4 Å². The molecular weight excluding hydrogens is 268 g/mol. The minimum absolute atomic E-state index is 0.194. The normalized spacial score (nSPS) is 10.4. The zero-order valence-corrected chi connectivity index (χ0v) is 12.3. The van der Waals surface area contributed by atoms with Crippen molar-refractivity contribution in [2.24, 2.45) is 0 Å². The molecule has 1 aromatic carbocycles. The predicted molar refractivity (Wildman–Crippen MR) is 81.3 cm³/mol. The minimum atomic E-state index is -0.194. The molecule has 3 N–H and O–H groups in total. The number of carbonyl (C=O) groups excluding carboxylic acids is 1. The fraction of sp³-hybridized carbons (Fsp3) is 0.333. The Morgan fingerprint density at radius 2 is 2.10 bits per heavy atom. The third kappa shape index (κ3) is 3.53. The van der Waals surface area contributed by atoms with Crippen LogP contribution in [-0.2, 0) is 13.0 Å².